The van der Waals surface area contributed by atoms with Crippen LogP contribution in [0.5, 0.6) is 5.75 Å². The Hall–Kier alpha value is -2.92. The predicted molar refractivity (Wildman–Crippen MR) is 129 cm³/mol. The second-order valence-electron chi connectivity index (χ2n) is 6.72. The van der Waals surface area contributed by atoms with E-state index in [2.05, 4.69) is 0 Å². The van der Waals surface area contributed by atoms with Gasteiger partial charge in [-0.2, -0.15) is 0 Å². The minimum Gasteiger partial charge on any atom is -0.494 e. The Kier molecular flexibility index (Phi) is 6.20. The molecule has 164 valence electrons. The molecular formula is C22H18N2O5S3. The van der Waals surface area contributed by atoms with Crippen LogP contribution < -0.4 is 14.8 Å². The normalized spacial score (nSPS) is 15.6. The largest absolute Gasteiger partial charge is 0.494 e. The first-order chi connectivity index (χ1) is 15.3. The molecule has 0 saturated carbocycles. The van der Waals surface area contributed by atoms with E-state index in [-0.39, 0.29) is 10.1 Å². The lowest BCUT2D eigenvalue weighted by molar-refractivity contribution is 0.268. The number of rotatable bonds is 6. The molecule has 1 saturated heterocycles. The van der Waals surface area contributed by atoms with E-state index in [4.69, 9.17) is 26.5 Å². The van der Waals surface area contributed by atoms with Gasteiger partial charge in [-0.15, -0.1) is 0 Å². The number of amides is 1. The maximum Gasteiger partial charge on any atom is 0.296 e. The Labute approximate surface area is 194 Å². The van der Waals surface area contributed by atoms with Crippen molar-refractivity contribution in [2.45, 2.75) is 11.8 Å². The van der Waals surface area contributed by atoms with Crippen LogP contribution in [0.15, 0.2) is 74.9 Å². The molecule has 0 aliphatic carbocycles. The van der Waals surface area contributed by atoms with Crippen molar-refractivity contribution in [3.05, 3.63) is 71.3 Å². The first-order valence-electron chi connectivity index (χ1n) is 9.50. The highest BCUT2D eigenvalue weighted by Crippen LogP contribution is 2.37. The molecule has 1 aromatic heterocycles. The van der Waals surface area contributed by atoms with Crippen molar-refractivity contribution < 1.29 is 22.4 Å². The number of hydrogen-bond acceptors (Lipinski definition) is 7. The number of thiocarbonyl (C=S) groups is 1. The van der Waals surface area contributed by atoms with Gasteiger partial charge in [-0.25, -0.2) is 13.6 Å². The van der Waals surface area contributed by atoms with E-state index < -0.39 is 10.0 Å². The second kappa shape index (κ2) is 8.91. The van der Waals surface area contributed by atoms with Crippen LogP contribution >= 0.6 is 24.0 Å². The Morgan fingerprint density at radius 3 is 2.41 bits per heavy atom. The summed E-state index contributed by atoms with van der Waals surface area (Å²) in [4.78, 5) is 15.1. The van der Waals surface area contributed by atoms with Crippen molar-refractivity contribution in [2.24, 2.45) is 5.14 Å². The molecule has 1 fully saturated rings. The summed E-state index contributed by atoms with van der Waals surface area (Å²) in [5.74, 6) is 1.78. The summed E-state index contributed by atoms with van der Waals surface area (Å²) in [5.41, 5.74) is 1.35. The van der Waals surface area contributed by atoms with Crippen LogP contribution in [0.2, 0.25) is 0 Å². The maximum absolute atomic E-state index is 12.6. The molecule has 32 heavy (non-hydrogen) atoms. The lowest BCUT2D eigenvalue weighted by Crippen LogP contribution is -2.26. The summed E-state index contributed by atoms with van der Waals surface area (Å²) in [6.07, 6.45) is 1.71. The first-order valence-corrected chi connectivity index (χ1v) is 12.3. The third-order valence-corrected chi connectivity index (χ3v) is 6.92. The fourth-order valence-electron chi connectivity index (χ4n) is 3.07. The summed E-state index contributed by atoms with van der Waals surface area (Å²) in [5, 5.41) is 4.93. The standard InChI is InChI=1S/C22H18N2O5S3/c1-2-28-16-7-5-15(6-8-16)24-21(30)20(31-22(24)25)13-17-9-12-19(29-17)14-3-10-18(11-4-14)32(23,26)27/h3-13H,2H2,1H3,(H2,23,26,27)/b20-13-. The molecule has 1 aliphatic heterocycles. The lowest BCUT2D eigenvalue weighted by Gasteiger charge is -2.15. The van der Waals surface area contributed by atoms with Gasteiger partial charge in [0.1, 0.15) is 22.3 Å². The molecule has 1 amide bonds. The van der Waals surface area contributed by atoms with Gasteiger partial charge >= 0.3 is 0 Å². The van der Waals surface area contributed by atoms with Gasteiger partial charge in [-0.1, -0.05) is 12.2 Å². The molecule has 10 heteroatoms. The zero-order valence-electron chi connectivity index (χ0n) is 16.8. The topological polar surface area (TPSA) is 103 Å². The van der Waals surface area contributed by atoms with E-state index in [1.165, 1.54) is 17.0 Å². The molecule has 4 rings (SSSR count). The van der Waals surface area contributed by atoms with Crippen molar-refractivity contribution in [3.8, 4) is 17.1 Å². The van der Waals surface area contributed by atoms with Gasteiger partial charge in [0, 0.05) is 5.56 Å². The number of anilines is 1. The molecule has 2 N–H and O–H groups in total. The summed E-state index contributed by atoms with van der Waals surface area (Å²) >= 11 is 6.56. The van der Waals surface area contributed by atoms with Crippen LogP contribution in [0.1, 0.15) is 12.7 Å². The minimum absolute atomic E-state index is 0.0238. The number of nitrogens with two attached hydrogens (primary N) is 1. The summed E-state index contributed by atoms with van der Waals surface area (Å²) in [7, 11) is -3.76. The highest BCUT2D eigenvalue weighted by Gasteiger charge is 2.33. The van der Waals surface area contributed by atoms with Gasteiger partial charge in [0.2, 0.25) is 10.0 Å². The van der Waals surface area contributed by atoms with Crippen LogP contribution in [-0.4, -0.2) is 25.3 Å². The smallest absolute Gasteiger partial charge is 0.296 e. The fraction of sp³-hybridized carbons (Fsp3) is 0.0909. The van der Waals surface area contributed by atoms with Crippen LogP contribution in [0.25, 0.3) is 17.4 Å². The molecule has 2 heterocycles. The van der Waals surface area contributed by atoms with E-state index >= 15 is 0 Å². The van der Waals surface area contributed by atoms with Crippen LogP contribution in [0.3, 0.4) is 0 Å². The number of nitrogens with zero attached hydrogens (tertiary/aromatic N) is 1. The Balaban J connectivity index is 1.54. The number of thioether (sulfide) groups is 1. The van der Waals surface area contributed by atoms with Crippen molar-refractivity contribution in [3.63, 3.8) is 0 Å². The fourth-order valence-corrected chi connectivity index (χ4v) is 4.85. The SMILES string of the molecule is CCOc1ccc(N2C(=O)S/C(=C\c3ccc(-c4ccc(S(N)(=O)=O)cc4)o3)C2=S)cc1. The number of furan rings is 1. The van der Waals surface area contributed by atoms with E-state index in [1.807, 2.05) is 6.92 Å². The number of primary sulfonamides is 1. The molecule has 2 aromatic carbocycles. The summed E-state index contributed by atoms with van der Waals surface area (Å²) < 4.78 is 34.1. The Morgan fingerprint density at radius 1 is 1.09 bits per heavy atom. The van der Waals surface area contributed by atoms with Crippen molar-refractivity contribution >= 4 is 56.0 Å². The third kappa shape index (κ3) is 4.63. The number of ether oxygens (including phenoxy) is 1. The molecular weight excluding hydrogens is 468 g/mol. The van der Waals surface area contributed by atoms with Gasteiger partial charge in [0.25, 0.3) is 5.24 Å². The minimum atomic E-state index is -3.76. The second-order valence-corrected chi connectivity index (χ2v) is 9.66. The average molecular weight is 487 g/mol. The number of hydrogen-bond donors (Lipinski definition) is 1. The van der Waals surface area contributed by atoms with E-state index in [1.54, 1.807) is 54.6 Å². The van der Waals surface area contributed by atoms with Crippen molar-refractivity contribution in [1.29, 1.82) is 0 Å². The van der Waals surface area contributed by atoms with Gasteiger partial charge in [0.05, 0.1) is 22.1 Å². The summed E-state index contributed by atoms with van der Waals surface area (Å²) in [6.45, 7) is 2.46. The van der Waals surface area contributed by atoms with Crippen LogP contribution in [-0.2, 0) is 10.0 Å². The molecule has 0 radical (unpaired) electrons. The molecule has 0 atom stereocenters. The third-order valence-electron chi connectivity index (χ3n) is 4.57. The lowest BCUT2D eigenvalue weighted by atomic mass is 10.2. The molecule has 0 spiro atoms. The average Bonchev–Trinajstić information content (AvgIpc) is 3.33. The molecule has 3 aromatic rings. The molecule has 7 nitrogen and oxygen atoms in total. The number of carbonyl (C=O) groups is 1. The summed E-state index contributed by atoms with van der Waals surface area (Å²) in [6, 6.07) is 16.7. The van der Waals surface area contributed by atoms with E-state index in [9.17, 15) is 13.2 Å². The quantitative estimate of drug-likeness (QED) is 0.385. The van der Waals surface area contributed by atoms with Crippen molar-refractivity contribution in [1.82, 2.24) is 0 Å². The molecule has 0 bridgehead atoms. The van der Waals surface area contributed by atoms with E-state index in [0.717, 1.165) is 17.5 Å². The predicted octanol–water partition coefficient (Wildman–Crippen LogP) is 5.03. The molecule has 0 unspecified atom stereocenters. The number of benzene rings is 2. The van der Waals surface area contributed by atoms with Gasteiger partial charge in [-0.3, -0.25) is 9.69 Å². The van der Waals surface area contributed by atoms with Gasteiger partial charge in [-0.05, 0) is 85.4 Å². The maximum atomic E-state index is 12.6. The van der Waals surface area contributed by atoms with E-state index in [0.29, 0.717) is 39.3 Å². The Bertz CT molecular complexity index is 1310. The molecule has 1 aliphatic rings. The van der Waals surface area contributed by atoms with Gasteiger partial charge in [0.15, 0.2) is 0 Å². The van der Waals surface area contributed by atoms with Gasteiger partial charge < -0.3 is 9.15 Å². The number of sulfonamides is 1. The number of carbonyl (C=O) groups excluding carboxylic acids is 1. The monoisotopic (exact) mass is 486 g/mol. The van der Waals surface area contributed by atoms with Crippen LogP contribution in [0.4, 0.5) is 10.5 Å². The van der Waals surface area contributed by atoms with Crippen molar-refractivity contribution in [2.75, 3.05) is 11.5 Å². The zero-order chi connectivity index (χ0) is 22.9. The first kappa shape index (κ1) is 22.3. The highest BCUT2D eigenvalue weighted by molar-refractivity contribution is 8.20. The highest BCUT2D eigenvalue weighted by atomic mass is 32.2. The zero-order valence-corrected chi connectivity index (χ0v) is 19.3. The Morgan fingerprint density at radius 2 is 1.78 bits per heavy atom. The van der Waals surface area contributed by atoms with Crippen LogP contribution in [0, 0.1) is 0 Å².